The number of nitrogens with zero attached hydrogens (tertiary/aromatic N) is 4. The van der Waals surface area contributed by atoms with Gasteiger partial charge in [-0.05, 0) is 12.8 Å². The monoisotopic (exact) mass is 268 g/mol. The Hall–Kier alpha value is -1.43. The highest BCUT2D eigenvalue weighted by molar-refractivity contribution is 6.17. The number of nitriles is 2. The molecule has 1 rings (SSSR count). The topological polar surface area (TPSA) is 74.3 Å². The average Bonchev–Trinajstić information content (AvgIpc) is 2.79. The predicted octanol–water partition coefficient (Wildman–Crippen LogP) is 0.874. The van der Waals surface area contributed by atoms with Gasteiger partial charge in [0.05, 0.1) is 0 Å². The summed E-state index contributed by atoms with van der Waals surface area (Å²) in [5, 5.41) is 26.9. The van der Waals surface area contributed by atoms with Crippen molar-refractivity contribution in [1.82, 2.24) is 9.80 Å². The molecule has 1 fully saturated rings. The van der Waals surface area contributed by atoms with Crippen molar-refractivity contribution in [2.75, 3.05) is 38.7 Å². The van der Waals surface area contributed by atoms with E-state index in [9.17, 15) is 0 Å². The van der Waals surface area contributed by atoms with Gasteiger partial charge in [0.15, 0.2) is 5.57 Å². The lowest BCUT2D eigenvalue weighted by molar-refractivity contribution is 0.254. The minimum atomic E-state index is 0.111. The first-order valence-corrected chi connectivity index (χ1v) is 6.53. The van der Waals surface area contributed by atoms with E-state index >= 15 is 0 Å². The lowest BCUT2D eigenvalue weighted by Crippen LogP contribution is -2.27. The van der Waals surface area contributed by atoms with E-state index in [0.29, 0.717) is 24.7 Å². The molecule has 0 aromatic rings. The van der Waals surface area contributed by atoms with Crippen molar-refractivity contribution < 1.29 is 5.11 Å². The number of hydrogen-bond acceptors (Lipinski definition) is 5. The van der Waals surface area contributed by atoms with Gasteiger partial charge >= 0.3 is 0 Å². The van der Waals surface area contributed by atoms with Crippen LogP contribution in [0.3, 0.4) is 0 Å². The van der Waals surface area contributed by atoms with E-state index in [1.54, 1.807) is 0 Å². The zero-order valence-corrected chi connectivity index (χ0v) is 11.0. The van der Waals surface area contributed by atoms with E-state index in [-0.39, 0.29) is 12.2 Å². The third kappa shape index (κ3) is 3.53. The molecule has 1 aliphatic heterocycles. The van der Waals surface area contributed by atoms with Crippen LogP contribution in [-0.2, 0) is 0 Å². The maximum atomic E-state index is 9.01. The summed E-state index contributed by atoms with van der Waals surface area (Å²) in [6.07, 6.45) is 1.46. The van der Waals surface area contributed by atoms with Gasteiger partial charge in [-0.3, -0.25) is 0 Å². The Kier molecular flexibility index (Phi) is 6.35. The molecule has 5 nitrogen and oxygen atoms in total. The minimum absolute atomic E-state index is 0.111. The molecule has 0 spiro atoms. The molecular weight excluding hydrogens is 252 g/mol. The summed E-state index contributed by atoms with van der Waals surface area (Å²) in [6, 6.07) is 3.89. The molecule has 0 aromatic heterocycles. The summed E-state index contributed by atoms with van der Waals surface area (Å²) in [4.78, 5) is 4.02. The zero-order chi connectivity index (χ0) is 13.4. The molecule has 0 unspecified atom stereocenters. The Labute approximate surface area is 112 Å². The fraction of sp³-hybridized carbons (Fsp3) is 0.667. The smallest absolute Gasteiger partial charge is 0.169 e. The van der Waals surface area contributed by atoms with Gasteiger partial charge in [-0.2, -0.15) is 10.5 Å². The molecule has 0 aromatic carbocycles. The molecule has 98 valence electrons. The van der Waals surface area contributed by atoms with Crippen molar-refractivity contribution >= 4 is 11.6 Å². The zero-order valence-electron chi connectivity index (χ0n) is 10.3. The molecular formula is C12H17ClN4O. The highest BCUT2D eigenvalue weighted by Gasteiger charge is 2.27. The SMILES string of the molecule is N#CC(C#N)=C1N(CCCO)CCN1CCCCl. The van der Waals surface area contributed by atoms with Gasteiger partial charge in [0.2, 0.25) is 0 Å². The second-order valence-corrected chi connectivity index (χ2v) is 4.39. The van der Waals surface area contributed by atoms with Crippen LogP contribution in [0.25, 0.3) is 0 Å². The Morgan fingerprint density at radius 2 is 1.72 bits per heavy atom. The van der Waals surface area contributed by atoms with Crippen LogP contribution in [0.2, 0.25) is 0 Å². The van der Waals surface area contributed by atoms with Gasteiger partial charge in [0.1, 0.15) is 18.0 Å². The van der Waals surface area contributed by atoms with Crippen molar-refractivity contribution in [2.45, 2.75) is 12.8 Å². The lowest BCUT2D eigenvalue weighted by Gasteiger charge is -2.24. The van der Waals surface area contributed by atoms with Crippen LogP contribution >= 0.6 is 11.6 Å². The van der Waals surface area contributed by atoms with E-state index in [2.05, 4.69) is 0 Å². The largest absolute Gasteiger partial charge is 0.396 e. The Morgan fingerprint density at radius 3 is 2.17 bits per heavy atom. The first-order chi connectivity index (χ1) is 8.78. The van der Waals surface area contributed by atoms with Crippen LogP contribution in [0.4, 0.5) is 0 Å². The molecule has 0 atom stereocenters. The summed E-state index contributed by atoms with van der Waals surface area (Å²) in [5.41, 5.74) is 0.139. The first kappa shape index (κ1) is 14.6. The summed E-state index contributed by atoms with van der Waals surface area (Å²) in [7, 11) is 0. The average molecular weight is 269 g/mol. The molecule has 6 heteroatoms. The van der Waals surface area contributed by atoms with E-state index < -0.39 is 0 Å². The molecule has 1 saturated heterocycles. The van der Waals surface area contributed by atoms with Crippen LogP contribution in [0.1, 0.15) is 12.8 Å². The van der Waals surface area contributed by atoms with Crippen molar-refractivity contribution in [1.29, 1.82) is 10.5 Å². The van der Waals surface area contributed by atoms with Crippen LogP contribution in [0, 0.1) is 22.7 Å². The molecule has 1 aliphatic rings. The summed E-state index contributed by atoms with van der Waals surface area (Å²) in [6.45, 7) is 3.10. The van der Waals surface area contributed by atoms with Crippen LogP contribution in [-0.4, -0.2) is 53.6 Å². The molecule has 0 bridgehead atoms. The maximum Gasteiger partial charge on any atom is 0.169 e. The summed E-state index contributed by atoms with van der Waals surface area (Å²) in [5.74, 6) is 1.26. The number of aliphatic hydroxyl groups is 1. The lowest BCUT2D eigenvalue weighted by atomic mass is 10.3. The predicted molar refractivity (Wildman–Crippen MR) is 68.4 cm³/mol. The van der Waals surface area contributed by atoms with Gasteiger partial charge in [0, 0.05) is 38.7 Å². The van der Waals surface area contributed by atoms with Crippen molar-refractivity contribution in [3.8, 4) is 12.1 Å². The van der Waals surface area contributed by atoms with E-state index in [1.807, 2.05) is 21.9 Å². The Balaban J connectivity index is 2.87. The quantitative estimate of drug-likeness (QED) is 0.572. The molecule has 1 heterocycles. The molecule has 0 saturated carbocycles. The van der Waals surface area contributed by atoms with E-state index in [0.717, 1.165) is 26.1 Å². The van der Waals surface area contributed by atoms with Gasteiger partial charge in [-0.15, -0.1) is 11.6 Å². The third-order valence-corrected chi connectivity index (χ3v) is 3.10. The number of hydrogen-bond donors (Lipinski definition) is 1. The van der Waals surface area contributed by atoms with Crippen molar-refractivity contribution in [2.24, 2.45) is 0 Å². The molecule has 1 N–H and O–H groups in total. The number of aliphatic hydroxyl groups excluding tert-OH is 1. The second kappa shape index (κ2) is 7.81. The van der Waals surface area contributed by atoms with Crippen molar-refractivity contribution in [3.63, 3.8) is 0 Å². The van der Waals surface area contributed by atoms with E-state index in [4.69, 9.17) is 27.2 Å². The van der Waals surface area contributed by atoms with Gasteiger partial charge in [-0.1, -0.05) is 0 Å². The molecule has 0 aliphatic carbocycles. The number of alkyl halides is 1. The van der Waals surface area contributed by atoms with Gasteiger partial charge in [0.25, 0.3) is 0 Å². The van der Waals surface area contributed by atoms with Crippen LogP contribution < -0.4 is 0 Å². The van der Waals surface area contributed by atoms with E-state index in [1.165, 1.54) is 0 Å². The molecule has 0 radical (unpaired) electrons. The molecule has 0 amide bonds. The number of rotatable bonds is 6. The fourth-order valence-electron chi connectivity index (χ4n) is 2.04. The highest BCUT2D eigenvalue weighted by Crippen LogP contribution is 2.22. The van der Waals surface area contributed by atoms with Crippen molar-refractivity contribution in [3.05, 3.63) is 11.4 Å². The van der Waals surface area contributed by atoms with Crippen LogP contribution in [0.15, 0.2) is 11.4 Å². The second-order valence-electron chi connectivity index (χ2n) is 4.02. The number of halogens is 1. The maximum absolute atomic E-state index is 9.01. The van der Waals surface area contributed by atoms with Gasteiger partial charge in [-0.25, -0.2) is 0 Å². The van der Waals surface area contributed by atoms with Gasteiger partial charge < -0.3 is 14.9 Å². The minimum Gasteiger partial charge on any atom is -0.396 e. The normalized spacial score (nSPS) is 14.6. The highest BCUT2D eigenvalue weighted by atomic mass is 35.5. The van der Waals surface area contributed by atoms with Crippen LogP contribution in [0.5, 0.6) is 0 Å². The fourth-order valence-corrected chi connectivity index (χ4v) is 2.16. The summed E-state index contributed by atoms with van der Waals surface area (Å²) >= 11 is 5.68. The standard InChI is InChI=1S/C12H17ClN4O/c13-3-1-4-16-6-7-17(5-2-8-18)12(16)11(9-14)10-15/h18H,1-8H2. The Morgan fingerprint density at radius 1 is 1.17 bits per heavy atom. The first-order valence-electron chi connectivity index (χ1n) is 5.99. The summed E-state index contributed by atoms with van der Waals surface area (Å²) < 4.78 is 0. The Bertz CT molecular complexity index is 349. The third-order valence-electron chi connectivity index (χ3n) is 2.83. The number of allylic oxidation sites excluding steroid dienone is 1. The molecule has 18 heavy (non-hydrogen) atoms.